The fourth-order valence-corrected chi connectivity index (χ4v) is 3.82. The first-order chi connectivity index (χ1) is 12.6. The maximum absolute atomic E-state index is 12.2. The predicted octanol–water partition coefficient (Wildman–Crippen LogP) is 4.93. The Balaban J connectivity index is 2.11. The number of benzene rings is 2. The lowest BCUT2D eigenvalue weighted by atomic mass is 9.96. The Hall–Kier alpha value is -2.27. The lowest BCUT2D eigenvalue weighted by Crippen LogP contribution is -2.30. The summed E-state index contributed by atoms with van der Waals surface area (Å²) in [5.74, 6) is -0.937. The van der Waals surface area contributed by atoms with E-state index in [1.165, 1.54) is 0 Å². The zero-order valence-corrected chi connectivity index (χ0v) is 16.0. The van der Waals surface area contributed by atoms with Crippen LogP contribution in [0, 0.1) is 0 Å². The van der Waals surface area contributed by atoms with E-state index in [0.29, 0.717) is 25.9 Å². The Morgan fingerprint density at radius 1 is 1.00 bits per heavy atom. The second-order valence-electron chi connectivity index (χ2n) is 5.94. The summed E-state index contributed by atoms with van der Waals surface area (Å²) in [6.07, 6.45) is 1.03. The van der Waals surface area contributed by atoms with Crippen molar-refractivity contribution < 1.29 is 14.7 Å². The molecule has 1 N–H and O–H groups in total. The lowest BCUT2D eigenvalue weighted by Gasteiger charge is -2.20. The van der Waals surface area contributed by atoms with Crippen molar-refractivity contribution in [3.63, 3.8) is 0 Å². The Morgan fingerprint density at radius 2 is 1.62 bits per heavy atom. The van der Waals surface area contributed by atoms with Crippen molar-refractivity contribution >= 4 is 23.0 Å². The van der Waals surface area contributed by atoms with E-state index in [9.17, 15) is 14.7 Å². The fourth-order valence-electron chi connectivity index (χ4n) is 2.84. The quantitative estimate of drug-likeness (QED) is 0.714. The maximum atomic E-state index is 12.2. The molecule has 0 aliphatic carbocycles. The molecule has 0 bridgehead atoms. The molecule has 0 aliphatic rings. The van der Waals surface area contributed by atoms with Crippen LogP contribution in [0.25, 0.3) is 11.1 Å². The Bertz CT molecular complexity index is 729. The molecule has 2 aromatic rings. The van der Waals surface area contributed by atoms with Gasteiger partial charge in [0, 0.05) is 13.1 Å². The van der Waals surface area contributed by atoms with Crippen molar-refractivity contribution in [2.45, 2.75) is 31.9 Å². The van der Waals surface area contributed by atoms with Gasteiger partial charge in [-0.15, -0.1) is 0 Å². The third kappa shape index (κ3) is 5.36. The molecule has 0 fully saturated rings. The van der Waals surface area contributed by atoms with Crippen LogP contribution >= 0.6 is 11.8 Å². The zero-order chi connectivity index (χ0) is 18.9. The second-order valence-corrected chi connectivity index (χ2v) is 7.10. The molecule has 2 rings (SSSR count). The molecular formula is C21H25NO3S. The number of nitrogens with zero attached hydrogens (tertiary/aromatic N) is 1. The molecule has 0 spiro atoms. The van der Waals surface area contributed by atoms with Gasteiger partial charge in [-0.2, -0.15) is 0 Å². The summed E-state index contributed by atoms with van der Waals surface area (Å²) in [5.41, 5.74) is 3.32. The summed E-state index contributed by atoms with van der Waals surface area (Å²) in [4.78, 5) is 25.5. The molecule has 0 saturated carbocycles. The number of carbonyl (C=O) groups is 2. The van der Waals surface area contributed by atoms with Crippen LogP contribution in [0.1, 0.15) is 25.8 Å². The van der Waals surface area contributed by atoms with Crippen molar-refractivity contribution in [2.75, 3.05) is 13.1 Å². The van der Waals surface area contributed by atoms with Crippen LogP contribution in [0.4, 0.5) is 4.79 Å². The van der Waals surface area contributed by atoms with Gasteiger partial charge in [0.25, 0.3) is 5.24 Å². The van der Waals surface area contributed by atoms with E-state index >= 15 is 0 Å². The van der Waals surface area contributed by atoms with Crippen LogP contribution in [-0.2, 0) is 11.2 Å². The third-order valence-corrected chi connectivity index (χ3v) is 5.50. The average molecular weight is 372 g/mol. The molecule has 1 amide bonds. The molecule has 0 aromatic heterocycles. The first-order valence-corrected chi connectivity index (χ1v) is 9.76. The molecular weight excluding hydrogens is 346 g/mol. The van der Waals surface area contributed by atoms with Crippen LogP contribution in [0.15, 0.2) is 54.6 Å². The van der Waals surface area contributed by atoms with Crippen molar-refractivity contribution in [3.8, 4) is 11.1 Å². The summed E-state index contributed by atoms with van der Waals surface area (Å²) in [6.45, 7) is 4.97. The van der Waals surface area contributed by atoms with Gasteiger partial charge in [-0.1, -0.05) is 54.6 Å². The zero-order valence-electron chi connectivity index (χ0n) is 15.2. The third-order valence-electron chi connectivity index (χ3n) is 4.32. The van der Waals surface area contributed by atoms with Crippen LogP contribution in [-0.4, -0.2) is 39.6 Å². The molecule has 5 heteroatoms. The molecule has 0 radical (unpaired) electrons. The number of aryl methyl sites for hydroxylation is 1. The largest absolute Gasteiger partial charge is 0.480 e. The molecule has 4 nitrogen and oxygen atoms in total. The first-order valence-electron chi connectivity index (χ1n) is 8.88. The lowest BCUT2D eigenvalue weighted by molar-refractivity contribution is -0.136. The van der Waals surface area contributed by atoms with E-state index in [4.69, 9.17) is 0 Å². The molecule has 2 aromatic carbocycles. The fraction of sp³-hybridized carbons (Fsp3) is 0.333. The highest BCUT2D eigenvalue weighted by molar-refractivity contribution is 8.14. The van der Waals surface area contributed by atoms with E-state index in [0.717, 1.165) is 28.5 Å². The standard InChI is InChI=1S/C21H25NO3S/c1-3-22(4-2)21(25)26-19(20(23)24)15-14-17-12-8-9-13-18(17)16-10-6-5-7-11-16/h5-13,19H,3-4,14-15H2,1-2H3,(H,23,24). The van der Waals surface area contributed by atoms with E-state index in [-0.39, 0.29) is 5.24 Å². The SMILES string of the molecule is CCN(CC)C(=O)SC(CCc1ccccc1-c1ccccc1)C(=O)O. The normalized spacial score (nSPS) is 11.8. The number of hydrogen-bond acceptors (Lipinski definition) is 3. The predicted molar refractivity (Wildman–Crippen MR) is 108 cm³/mol. The summed E-state index contributed by atoms with van der Waals surface area (Å²) in [7, 11) is 0. The smallest absolute Gasteiger partial charge is 0.317 e. The van der Waals surface area contributed by atoms with Gasteiger partial charge >= 0.3 is 5.97 Å². The van der Waals surface area contributed by atoms with Gasteiger partial charge in [0.2, 0.25) is 0 Å². The van der Waals surface area contributed by atoms with Gasteiger partial charge in [0.15, 0.2) is 0 Å². The Labute approximate surface area is 159 Å². The number of hydrogen-bond donors (Lipinski definition) is 1. The summed E-state index contributed by atoms with van der Waals surface area (Å²) in [6, 6.07) is 18.1. The highest BCUT2D eigenvalue weighted by atomic mass is 32.2. The van der Waals surface area contributed by atoms with Crippen molar-refractivity contribution in [1.29, 1.82) is 0 Å². The van der Waals surface area contributed by atoms with Gasteiger partial charge in [-0.05, 0) is 55.1 Å². The first kappa shape index (κ1) is 20.0. The van der Waals surface area contributed by atoms with Crippen molar-refractivity contribution in [3.05, 3.63) is 60.2 Å². The van der Waals surface area contributed by atoms with E-state index in [2.05, 4.69) is 6.07 Å². The van der Waals surface area contributed by atoms with Crippen molar-refractivity contribution in [2.24, 2.45) is 0 Å². The number of aliphatic carboxylic acids is 1. The van der Waals surface area contributed by atoms with Crippen LogP contribution in [0.5, 0.6) is 0 Å². The number of amides is 1. The molecule has 138 valence electrons. The molecule has 0 saturated heterocycles. The topological polar surface area (TPSA) is 57.6 Å². The molecule has 1 unspecified atom stereocenters. The van der Waals surface area contributed by atoms with Gasteiger partial charge in [0.1, 0.15) is 5.25 Å². The summed E-state index contributed by atoms with van der Waals surface area (Å²) >= 11 is 0.918. The molecule has 26 heavy (non-hydrogen) atoms. The van der Waals surface area contributed by atoms with E-state index in [1.54, 1.807) is 4.90 Å². The number of carboxylic acid groups (broad SMARTS) is 1. The summed E-state index contributed by atoms with van der Waals surface area (Å²) < 4.78 is 0. The van der Waals surface area contributed by atoms with Gasteiger partial charge in [0.05, 0.1) is 0 Å². The minimum absolute atomic E-state index is 0.168. The minimum atomic E-state index is -0.937. The molecule has 1 atom stereocenters. The number of carbonyl (C=O) groups excluding carboxylic acids is 1. The second kappa shape index (κ2) is 10.0. The monoisotopic (exact) mass is 371 g/mol. The summed E-state index contributed by atoms with van der Waals surface area (Å²) in [5, 5.41) is 8.61. The average Bonchev–Trinajstić information content (AvgIpc) is 2.66. The van der Waals surface area contributed by atoms with Gasteiger partial charge in [-0.3, -0.25) is 9.59 Å². The molecule has 0 aliphatic heterocycles. The Kier molecular flexibility index (Phi) is 7.73. The highest BCUT2D eigenvalue weighted by Gasteiger charge is 2.24. The number of thioether (sulfide) groups is 1. The Morgan fingerprint density at radius 3 is 2.23 bits per heavy atom. The minimum Gasteiger partial charge on any atom is -0.480 e. The van der Waals surface area contributed by atoms with Crippen LogP contribution in [0.2, 0.25) is 0 Å². The highest BCUT2D eigenvalue weighted by Crippen LogP contribution is 2.27. The van der Waals surface area contributed by atoms with Gasteiger partial charge < -0.3 is 10.0 Å². The van der Waals surface area contributed by atoms with E-state index in [1.807, 2.05) is 62.4 Å². The number of carboxylic acids is 1. The van der Waals surface area contributed by atoms with Crippen LogP contribution < -0.4 is 0 Å². The van der Waals surface area contributed by atoms with Gasteiger partial charge in [-0.25, -0.2) is 0 Å². The van der Waals surface area contributed by atoms with E-state index < -0.39 is 11.2 Å². The van der Waals surface area contributed by atoms with Crippen molar-refractivity contribution in [1.82, 2.24) is 4.90 Å². The van der Waals surface area contributed by atoms with Crippen LogP contribution in [0.3, 0.4) is 0 Å². The maximum Gasteiger partial charge on any atom is 0.317 e. The number of rotatable bonds is 8. The molecule has 0 heterocycles.